The molecule has 3 nitrogen and oxygen atoms in total. The van der Waals surface area contributed by atoms with Gasteiger partial charge in [0.1, 0.15) is 6.26 Å². The molecule has 0 unspecified atom stereocenters. The van der Waals surface area contributed by atoms with E-state index in [-0.39, 0.29) is 0 Å². The van der Waals surface area contributed by atoms with Crippen LogP contribution in [0.5, 0.6) is 0 Å². The molecule has 0 aliphatic rings. The van der Waals surface area contributed by atoms with E-state index in [4.69, 9.17) is 4.52 Å². The van der Waals surface area contributed by atoms with Crippen LogP contribution in [0.1, 0.15) is 16.7 Å². The molecule has 0 aliphatic heterocycles. The van der Waals surface area contributed by atoms with E-state index >= 15 is 0 Å². The zero-order chi connectivity index (χ0) is 10.5. The summed E-state index contributed by atoms with van der Waals surface area (Å²) in [6.07, 6.45) is 3.38. The van der Waals surface area contributed by atoms with E-state index in [2.05, 4.69) is 41.7 Å². The van der Waals surface area contributed by atoms with Crippen LogP contribution in [0.2, 0.25) is 0 Å². The maximum absolute atomic E-state index is 4.74. The first kappa shape index (κ1) is 9.93. The Hall–Kier alpha value is -1.61. The highest BCUT2D eigenvalue weighted by atomic mass is 16.5. The Bertz CT molecular complexity index is 392. The summed E-state index contributed by atoms with van der Waals surface area (Å²) in [4.78, 5) is 0. The highest BCUT2D eigenvalue weighted by molar-refractivity contribution is 5.21. The van der Waals surface area contributed by atoms with Gasteiger partial charge in [-0.25, -0.2) is 0 Å². The predicted molar refractivity (Wildman–Crippen MR) is 58.2 cm³/mol. The molecule has 78 valence electrons. The summed E-state index contributed by atoms with van der Waals surface area (Å²) in [6, 6.07) is 8.51. The van der Waals surface area contributed by atoms with Gasteiger partial charge in [-0.2, -0.15) is 0 Å². The second-order valence-corrected chi connectivity index (χ2v) is 3.62. The third kappa shape index (κ3) is 2.92. The van der Waals surface area contributed by atoms with Crippen molar-refractivity contribution in [3.8, 4) is 0 Å². The minimum Gasteiger partial charge on any atom is -0.364 e. The lowest BCUT2D eigenvalue weighted by Crippen LogP contribution is -2.11. The smallest absolute Gasteiger partial charge is 0.128 e. The van der Waals surface area contributed by atoms with Crippen LogP contribution in [-0.2, 0) is 13.1 Å². The average molecular weight is 202 g/mol. The summed E-state index contributed by atoms with van der Waals surface area (Å²) >= 11 is 0. The van der Waals surface area contributed by atoms with E-state index in [1.165, 1.54) is 11.1 Å². The Morgan fingerprint density at radius 3 is 2.53 bits per heavy atom. The van der Waals surface area contributed by atoms with E-state index in [1.807, 2.05) is 0 Å². The van der Waals surface area contributed by atoms with Crippen molar-refractivity contribution in [3.63, 3.8) is 0 Å². The molecule has 0 fully saturated rings. The van der Waals surface area contributed by atoms with Crippen molar-refractivity contribution in [2.24, 2.45) is 0 Å². The molecule has 3 heteroatoms. The third-order valence-electron chi connectivity index (χ3n) is 2.26. The molecule has 1 heterocycles. The van der Waals surface area contributed by atoms with Gasteiger partial charge in [0.25, 0.3) is 0 Å². The standard InChI is InChI=1S/C12H14N2O/c1-10-2-4-11(5-3-10)6-13-7-12-8-14-15-9-12/h2-5,8-9,13H,6-7H2,1H3. The first-order chi connectivity index (χ1) is 7.34. The van der Waals surface area contributed by atoms with E-state index in [9.17, 15) is 0 Å². The molecule has 0 spiro atoms. The molecule has 0 radical (unpaired) electrons. The van der Waals surface area contributed by atoms with Gasteiger partial charge in [-0.3, -0.25) is 0 Å². The zero-order valence-electron chi connectivity index (χ0n) is 8.73. The number of rotatable bonds is 4. The van der Waals surface area contributed by atoms with E-state index in [0.717, 1.165) is 18.7 Å². The minimum atomic E-state index is 0.789. The molecule has 0 saturated carbocycles. The normalized spacial score (nSPS) is 10.5. The Morgan fingerprint density at radius 2 is 1.87 bits per heavy atom. The van der Waals surface area contributed by atoms with Gasteiger partial charge in [0, 0.05) is 18.7 Å². The fraction of sp³-hybridized carbons (Fsp3) is 0.250. The third-order valence-corrected chi connectivity index (χ3v) is 2.26. The summed E-state index contributed by atoms with van der Waals surface area (Å²) in [5.41, 5.74) is 3.65. The summed E-state index contributed by atoms with van der Waals surface area (Å²) in [7, 11) is 0. The van der Waals surface area contributed by atoms with Crippen molar-refractivity contribution < 1.29 is 4.52 Å². The van der Waals surface area contributed by atoms with E-state index in [0.29, 0.717) is 0 Å². The molecule has 1 aromatic heterocycles. The van der Waals surface area contributed by atoms with Gasteiger partial charge in [-0.05, 0) is 12.5 Å². The van der Waals surface area contributed by atoms with Gasteiger partial charge in [0.15, 0.2) is 0 Å². The highest BCUT2D eigenvalue weighted by Gasteiger charge is 1.95. The maximum Gasteiger partial charge on any atom is 0.128 e. The molecule has 0 saturated heterocycles. The zero-order valence-corrected chi connectivity index (χ0v) is 8.73. The summed E-state index contributed by atoms with van der Waals surface area (Å²) in [6.45, 7) is 3.75. The van der Waals surface area contributed by atoms with Gasteiger partial charge in [0.2, 0.25) is 0 Å². The monoisotopic (exact) mass is 202 g/mol. The molecule has 0 amide bonds. The summed E-state index contributed by atoms with van der Waals surface area (Å²) < 4.78 is 4.74. The molecule has 2 rings (SSSR count). The number of hydrogen-bond donors (Lipinski definition) is 1. The van der Waals surface area contributed by atoms with E-state index < -0.39 is 0 Å². The van der Waals surface area contributed by atoms with Gasteiger partial charge in [-0.1, -0.05) is 35.0 Å². The van der Waals surface area contributed by atoms with Crippen LogP contribution in [0.3, 0.4) is 0 Å². The van der Waals surface area contributed by atoms with Gasteiger partial charge in [-0.15, -0.1) is 0 Å². The Balaban J connectivity index is 1.81. The van der Waals surface area contributed by atoms with Crippen LogP contribution in [0.15, 0.2) is 41.2 Å². The van der Waals surface area contributed by atoms with Crippen LogP contribution >= 0.6 is 0 Å². The lowest BCUT2D eigenvalue weighted by Gasteiger charge is -2.03. The maximum atomic E-state index is 4.74. The van der Waals surface area contributed by atoms with Crippen LogP contribution in [-0.4, -0.2) is 5.16 Å². The molecule has 1 aromatic carbocycles. The summed E-state index contributed by atoms with van der Waals surface area (Å²) in [5.74, 6) is 0. The molecular formula is C12H14N2O. The Labute approximate surface area is 89.1 Å². The van der Waals surface area contributed by atoms with Gasteiger partial charge < -0.3 is 9.84 Å². The van der Waals surface area contributed by atoms with Crippen molar-refractivity contribution in [3.05, 3.63) is 53.4 Å². The number of hydrogen-bond acceptors (Lipinski definition) is 3. The largest absolute Gasteiger partial charge is 0.364 e. The molecule has 0 aliphatic carbocycles. The van der Waals surface area contributed by atoms with Crippen molar-refractivity contribution in [1.29, 1.82) is 0 Å². The number of benzene rings is 1. The molecule has 15 heavy (non-hydrogen) atoms. The molecule has 2 aromatic rings. The van der Waals surface area contributed by atoms with E-state index in [1.54, 1.807) is 12.5 Å². The summed E-state index contributed by atoms with van der Waals surface area (Å²) in [5, 5.41) is 6.97. The predicted octanol–water partition coefficient (Wildman–Crippen LogP) is 2.27. The lowest BCUT2D eigenvalue weighted by molar-refractivity contribution is 0.418. The quantitative estimate of drug-likeness (QED) is 0.826. The topological polar surface area (TPSA) is 38.1 Å². The van der Waals surface area contributed by atoms with Crippen molar-refractivity contribution in [2.75, 3.05) is 0 Å². The van der Waals surface area contributed by atoms with Gasteiger partial charge >= 0.3 is 0 Å². The van der Waals surface area contributed by atoms with Crippen molar-refractivity contribution in [2.45, 2.75) is 20.0 Å². The van der Waals surface area contributed by atoms with Crippen LogP contribution in [0.25, 0.3) is 0 Å². The average Bonchev–Trinajstić information content (AvgIpc) is 2.74. The number of aromatic nitrogens is 1. The molecule has 0 atom stereocenters. The molecule has 1 N–H and O–H groups in total. The number of aryl methyl sites for hydroxylation is 1. The first-order valence-corrected chi connectivity index (χ1v) is 4.99. The van der Waals surface area contributed by atoms with Crippen LogP contribution < -0.4 is 5.32 Å². The Kier molecular flexibility index (Phi) is 3.15. The minimum absolute atomic E-state index is 0.789. The van der Waals surface area contributed by atoms with Crippen molar-refractivity contribution in [1.82, 2.24) is 10.5 Å². The highest BCUT2D eigenvalue weighted by Crippen LogP contribution is 2.03. The molecular weight excluding hydrogens is 188 g/mol. The number of nitrogens with one attached hydrogen (secondary N) is 1. The first-order valence-electron chi connectivity index (χ1n) is 4.99. The number of nitrogens with zero attached hydrogens (tertiary/aromatic N) is 1. The lowest BCUT2D eigenvalue weighted by atomic mass is 10.1. The van der Waals surface area contributed by atoms with Gasteiger partial charge in [0.05, 0.1) is 6.20 Å². The van der Waals surface area contributed by atoms with Crippen LogP contribution in [0.4, 0.5) is 0 Å². The van der Waals surface area contributed by atoms with Crippen LogP contribution in [0, 0.1) is 6.92 Å². The fourth-order valence-corrected chi connectivity index (χ4v) is 1.37. The van der Waals surface area contributed by atoms with Crippen molar-refractivity contribution >= 4 is 0 Å². The fourth-order valence-electron chi connectivity index (χ4n) is 1.37. The Morgan fingerprint density at radius 1 is 1.13 bits per heavy atom. The second-order valence-electron chi connectivity index (χ2n) is 3.62. The SMILES string of the molecule is Cc1ccc(CNCc2cnoc2)cc1. The second kappa shape index (κ2) is 4.75. The molecule has 0 bridgehead atoms.